The molecule has 0 radical (unpaired) electrons. The molecule has 27 heavy (non-hydrogen) atoms. The normalized spacial score (nSPS) is 19.4. The number of aromatic nitrogens is 1. The third-order valence-electron chi connectivity index (χ3n) is 4.52. The molecule has 0 aliphatic heterocycles. The van der Waals surface area contributed by atoms with Gasteiger partial charge in [-0.15, -0.1) is 0 Å². The van der Waals surface area contributed by atoms with E-state index in [2.05, 4.69) is 5.32 Å². The molecule has 2 aromatic rings. The van der Waals surface area contributed by atoms with E-state index in [0.717, 1.165) is 0 Å². The van der Waals surface area contributed by atoms with Crippen LogP contribution in [-0.2, 0) is 9.53 Å². The van der Waals surface area contributed by atoms with Crippen molar-refractivity contribution < 1.29 is 22.7 Å². The van der Waals surface area contributed by atoms with E-state index in [-0.39, 0.29) is 23.3 Å². The van der Waals surface area contributed by atoms with Gasteiger partial charge in [0.1, 0.15) is 12.4 Å². The highest BCUT2D eigenvalue weighted by atomic mass is 19.3. The molecule has 2 atom stereocenters. The van der Waals surface area contributed by atoms with E-state index in [1.165, 1.54) is 35.0 Å². The number of halogens is 3. The summed E-state index contributed by atoms with van der Waals surface area (Å²) in [4.78, 5) is 24.1. The Morgan fingerprint density at radius 3 is 2.78 bits per heavy atom. The van der Waals surface area contributed by atoms with E-state index >= 15 is 0 Å². The maximum absolute atomic E-state index is 14.4. The van der Waals surface area contributed by atoms with E-state index in [1.807, 2.05) is 0 Å². The molecule has 5 nitrogen and oxygen atoms in total. The number of amides is 1. The maximum atomic E-state index is 14.4. The van der Waals surface area contributed by atoms with Crippen molar-refractivity contribution in [2.45, 2.75) is 31.8 Å². The number of carbonyl (C=O) groups is 1. The number of benzene rings is 1. The number of alkyl halides is 2. The fourth-order valence-electron chi connectivity index (χ4n) is 3.17. The number of hydrogen-bond donors (Lipinski definition) is 1. The standard InChI is InChI=1S/C19H19F3N2O3/c20-15-10-13(24-8-2-1-3-18(24)25)5-7-16(15)23-19(26)12-4-6-14(9-12)27-11-17(21)22/h1-3,5,7-8,10,12,14,17H,4,6,9,11H2,(H,23,26). The molecule has 1 aliphatic carbocycles. The lowest BCUT2D eigenvalue weighted by Gasteiger charge is -2.14. The van der Waals surface area contributed by atoms with Crippen LogP contribution in [-0.4, -0.2) is 29.6 Å². The van der Waals surface area contributed by atoms with Crippen LogP contribution >= 0.6 is 0 Å². The molecular weight excluding hydrogens is 361 g/mol. The molecule has 144 valence electrons. The summed E-state index contributed by atoms with van der Waals surface area (Å²) in [7, 11) is 0. The summed E-state index contributed by atoms with van der Waals surface area (Å²) < 4.78 is 45.1. The quantitative estimate of drug-likeness (QED) is 0.836. The summed E-state index contributed by atoms with van der Waals surface area (Å²) in [6.07, 6.45) is -0.0536. The average Bonchev–Trinajstić information content (AvgIpc) is 3.11. The molecule has 1 aliphatic rings. The summed E-state index contributed by atoms with van der Waals surface area (Å²) in [6, 6.07) is 8.69. The average molecular weight is 380 g/mol. The van der Waals surface area contributed by atoms with E-state index in [1.54, 1.807) is 12.1 Å². The van der Waals surface area contributed by atoms with Gasteiger partial charge in [0.2, 0.25) is 5.91 Å². The van der Waals surface area contributed by atoms with Crippen molar-refractivity contribution in [2.24, 2.45) is 5.92 Å². The molecule has 8 heteroatoms. The van der Waals surface area contributed by atoms with Gasteiger partial charge in [-0.05, 0) is 37.5 Å². The molecule has 3 rings (SSSR count). The van der Waals surface area contributed by atoms with Crippen molar-refractivity contribution in [1.29, 1.82) is 0 Å². The predicted molar refractivity (Wildman–Crippen MR) is 93.7 cm³/mol. The highest BCUT2D eigenvalue weighted by Crippen LogP contribution is 2.29. The van der Waals surface area contributed by atoms with Gasteiger partial charge in [-0.1, -0.05) is 6.07 Å². The van der Waals surface area contributed by atoms with Crippen LogP contribution in [0.5, 0.6) is 0 Å². The highest BCUT2D eigenvalue weighted by Gasteiger charge is 2.31. The Labute approximate surface area is 153 Å². The zero-order chi connectivity index (χ0) is 19.4. The van der Waals surface area contributed by atoms with Gasteiger partial charge in [0.15, 0.2) is 0 Å². The number of hydrogen-bond acceptors (Lipinski definition) is 3. The lowest BCUT2D eigenvalue weighted by atomic mass is 10.1. The van der Waals surface area contributed by atoms with Crippen molar-refractivity contribution in [3.05, 3.63) is 58.8 Å². The number of carbonyl (C=O) groups excluding carboxylic acids is 1. The SMILES string of the molecule is O=C(Nc1ccc(-n2ccccc2=O)cc1F)C1CCC(OCC(F)F)C1. The largest absolute Gasteiger partial charge is 0.372 e. The monoisotopic (exact) mass is 380 g/mol. The summed E-state index contributed by atoms with van der Waals surface area (Å²) in [5.74, 6) is -1.45. The van der Waals surface area contributed by atoms with E-state index in [4.69, 9.17) is 4.74 Å². The molecule has 0 bridgehead atoms. The summed E-state index contributed by atoms with van der Waals surface area (Å²) in [5.41, 5.74) is 0.0524. The molecule has 0 spiro atoms. The fraction of sp³-hybridized carbons (Fsp3) is 0.368. The molecule has 1 aromatic carbocycles. The van der Waals surface area contributed by atoms with Gasteiger partial charge in [0, 0.05) is 24.2 Å². The van der Waals surface area contributed by atoms with Crippen molar-refractivity contribution in [2.75, 3.05) is 11.9 Å². The molecule has 1 N–H and O–H groups in total. The Kier molecular flexibility index (Phi) is 5.95. The van der Waals surface area contributed by atoms with Crippen molar-refractivity contribution in [3.8, 4) is 5.69 Å². The molecule has 1 saturated carbocycles. The first kappa shape index (κ1) is 19.2. The Morgan fingerprint density at radius 2 is 2.07 bits per heavy atom. The minimum absolute atomic E-state index is 0.00433. The van der Waals surface area contributed by atoms with Crippen molar-refractivity contribution in [3.63, 3.8) is 0 Å². The lowest BCUT2D eigenvalue weighted by molar-refractivity contribution is -0.120. The number of ether oxygens (including phenoxy) is 1. The smallest absolute Gasteiger partial charge is 0.261 e. The van der Waals surface area contributed by atoms with E-state index in [0.29, 0.717) is 24.9 Å². The van der Waals surface area contributed by atoms with Crippen molar-refractivity contribution in [1.82, 2.24) is 4.57 Å². The van der Waals surface area contributed by atoms with Crippen LogP contribution in [0.1, 0.15) is 19.3 Å². The fourth-order valence-corrected chi connectivity index (χ4v) is 3.17. The number of rotatable bonds is 6. The Balaban J connectivity index is 1.63. The Morgan fingerprint density at radius 1 is 1.26 bits per heavy atom. The van der Waals surface area contributed by atoms with Gasteiger partial charge >= 0.3 is 0 Å². The van der Waals surface area contributed by atoms with Gasteiger partial charge in [0.25, 0.3) is 12.0 Å². The van der Waals surface area contributed by atoms with Crippen molar-refractivity contribution >= 4 is 11.6 Å². The van der Waals surface area contributed by atoms with E-state index in [9.17, 15) is 22.8 Å². The first-order chi connectivity index (χ1) is 12.9. The second-order valence-electron chi connectivity index (χ2n) is 6.42. The summed E-state index contributed by atoms with van der Waals surface area (Å²) in [6.45, 7) is -0.645. The summed E-state index contributed by atoms with van der Waals surface area (Å²) >= 11 is 0. The number of nitrogens with zero attached hydrogens (tertiary/aromatic N) is 1. The molecule has 1 heterocycles. The van der Waals surface area contributed by atoms with E-state index < -0.39 is 24.8 Å². The van der Waals surface area contributed by atoms with Crippen LogP contribution in [0.25, 0.3) is 5.69 Å². The summed E-state index contributed by atoms with van der Waals surface area (Å²) in [5, 5.41) is 2.53. The highest BCUT2D eigenvalue weighted by molar-refractivity contribution is 5.93. The van der Waals surface area contributed by atoms with Gasteiger partial charge in [0.05, 0.1) is 17.5 Å². The van der Waals surface area contributed by atoms with Gasteiger partial charge in [-0.2, -0.15) is 0 Å². The maximum Gasteiger partial charge on any atom is 0.261 e. The van der Waals surface area contributed by atoms with Gasteiger partial charge in [-0.25, -0.2) is 13.2 Å². The van der Waals surface area contributed by atoms with Crippen LogP contribution in [0, 0.1) is 11.7 Å². The number of anilines is 1. The number of nitrogens with one attached hydrogen (secondary N) is 1. The second kappa shape index (κ2) is 8.39. The van der Waals surface area contributed by atoms with Crippen LogP contribution in [0.2, 0.25) is 0 Å². The Hall–Kier alpha value is -2.61. The molecule has 1 aromatic heterocycles. The van der Waals surface area contributed by atoms with Crippen LogP contribution in [0.3, 0.4) is 0 Å². The minimum Gasteiger partial charge on any atom is -0.372 e. The molecular formula is C19H19F3N2O3. The topological polar surface area (TPSA) is 60.3 Å². The molecule has 1 fully saturated rings. The Bertz CT molecular complexity index is 869. The van der Waals surface area contributed by atoms with Gasteiger partial charge < -0.3 is 10.1 Å². The predicted octanol–water partition coefficient (Wildman–Crippen LogP) is 3.37. The first-order valence-corrected chi connectivity index (χ1v) is 8.62. The van der Waals surface area contributed by atoms with Crippen LogP contribution < -0.4 is 10.9 Å². The van der Waals surface area contributed by atoms with Crippen LogP contribution in [0.15, 0.2) is 47.4 Å². The lowest BCUT2D eigenvalue weighted by Crippen LogP contribution is -2.23. The first-order valence-electron chi connectivity index (χ1n) is 8.62. The zero-order valence-corrected chi connectivity index (χ0v) is 14.4. The van der Waals surface area contributed by atoms with Crippen LogP contribution in [0.4, 0.5) is 18.9 Å². The molecule has 1 amide bonds. The second-order valence-corrected chi connectivity index (χ2v) is 6.42. The third kappa shape index (κ3) is 4.77. The third-order valence-corrected chi connectivity index (χ3v) is 4.52. The number of pyridine rings is 1. The molecule has 0 saturated heterocycles. The minimum atomic E-state index is -2.54. The molecule has 2 unspecified atom stereocenters. The van der Waals surface area contributed by atoms with Gasteiger partial charge in [-0.3, -0.25) is 14.2 Å². The zero-order valence-electron chi connectivity index (χ0n) is 14.4.